The van der Waals surface area contributed by atoms with Crippen LogP contribution in [-0.4, -0.2) is 60.4 Å². The highest BCUT2D eigenvalue weighted by Crippen LogP contribution is 2.22. The van der Waals surface area contributed by atoms with Crippen LogP contribution in [0.2, 0.25) is 10.0 Å². The highest BCUT2D eigenvalue weighted by molar-refractivity contribution is 6.36. The molecule has 2 heterocycles. The molecule has 0 bridgehead atoms. The number of hydrogen-bond acceptors (Lipinski definition) is 3. The Kier molecular flexibility index (Phi) is 4.06. The summed E-state index contributed by atoms with van der Waals surface area (Å²) in [6.45, 7) is 3.00. The van der Waals surface area contributed by atoms with Gasteiger partial charge in [-0.3, -0.25) is 9.69 Å². The number of Topliss-reactive ketones (excluding diaryl/α,β-unsaturated/α-hetero) is 1. The number of nitrogens with one attached hydrogen (secondary N) is 1. The molecule has 0 aromatic heterocycles. The van der Waals surface area contributed by atoms with Crippen LogP contribution in [0.3, 0.4) is 0 Å². The van der Waals surface area contributed by atoms with Gasteiger partial charge in [-0.25, -0.2) is 4.79 Å². The summed E-state index contributed by atoms with van der Waals surface area (Å²) < 4.78 is 0. The monoisotopic (exact) mass is 327 g/mol. The molecule has 2 aliphatic heterocycles. The third kappa shape index (κ3) is 3.00. The molecule has 3 rings (SSSR count). The van der Waals surface area contributed by atoms with Crippen molar-refractivity contribution in [1.82, 2.24) is 15.1 Å². The highest BCUT2D eigenvalue weighted by atomic mass is 35.5. The van der Waals surface area contributed by atoms with Crippen molar-refractivity contribution >= 4 is 35.0 Å². The lowest BCUT2D eigenvalue weighted by atomic mass is 10.1. The predicted octanol–water partition coefficient (Wildman–Crippen LogP) is 1.89. The first-order valence-corrected chi connectivity index (χ1v) is 7.55. The fourth-order valence-electron chi connectivity index (χ4n) is 2.82. The maximum atomic E-state index is 12.3. The topological polar surface area (TPSA) is 52.7 Å². The summed E-state index contributed by atoms with van der Waals surface area (Å²) in [5.41, 5.74) is 0.490. The van der Waals surface area contributed by atoms with Crippen LogP contribution in [0.4, 0.5) is 4.79 Å². The first-order chi connectivity index (χ1) is 10.0. The van der Waals surface area contributed by atoms with Crippen LogP contribution in [0, 0.1) is 0 Å². The number of fused-ring (bicyclic) bond motifs is 1. The molecule has 2 aliphatic rings. The van der Waals surface area contributed by atoms with E-state index in [1.807, 2.05) is 4.90 Å². The van der Waals surface area contributed by atoms with Crippen LogP contribution < -0.4 is 5.32 Å². The number of piperazine rings is 1. The number of nitrogens with zero attached hydrogens (tertiary/aromatic N) is 2. The second-order valence-electron chi connectivity index (χ2n) is 5.32. The van der Waals surface area contributed by atoms with Crippen molar-refractivity contribution in [3.63, 3.8) is 0 Å². The van der Waals surface area contributed by atoms with Gasteiger partial charge in [-0.05, 0) is 18.2 Å². The van der Waals surface area contributed by atoms with E-state index in [1.165, 1.54) is 0 Å². The molecule has 21 heavy (non-hydrogen) atoms. The summed E-state index contributed by atoms with van der Waals surface area (Å²) in [6, 6.07) is 5.04. The molecule has 0 spiro atoms. The zero-order valence-corrected chi connectivity index (χ0v) is 12.8. The third-order valence-corrected chi connectivity index (χ3v) is 4.46. The van der Waals surface area contributed by atoms with Crippen LogP contribution in [0.1, 0.15) is 10.4 Å². The summed E-state index contributed by atoms with van der Waals surface area (Å²) in [7, 11) is 0. The number of urea groups is 1. The molecule has 1 aromatic carbocycles. The van der Waals surface area contributed by atoms with Gasteiger partial charge in [-0.2, -0.15) is 0 Å². The Morgan fingerprint density at radius 3 is 2.90 bits per heavy atom. The minimum atomic E-state index is -0.0256. The van der Waals surface area contributed by atoms with E-state index in [1.54, 1.807) is 18.2 Å². The van der Waals surface area contributed by atoms with Gasteiger partial charge in [0.15, 0.2) is 5.78 Å². The number of benzene rings is 1. The van der Waals surface area contributed by atoms with Gasteiger partial charge in [-0.15, -0.1) is 0 Å². The minimum absolute atomic E-state index is 0.00766. The Balaban J connectivity index is 1.64. The van der Waals surface area contributed by atoms with Crippen molar-refractivity contribution in [2.45, 2.75) is 6.04 Å². The molecule has 2 saturated heterocycles. The molecule has 7 heteroatoms. The standard InChI is InChI=1S/C14H15Cl2N3O2/c15-9-1-2-11(12(16)5-9)13(20)8-18-3-4-19-10(7-18)6-17-14(19)21/h1-2,5,10H,3-4,6-8H2,(H,17,21). The minimum Gasteiger partial charge on any atom is -0.336 e. The number of halogens is 2. The van der Waals surface area contributed by atoms with E-state index in [0.717, 1.165) is 0 Å². The second-order valence-corrected chi connectivity index (χ2v) is 6.16. The second kappa shape index (κ2) is 5.83. The maximum Gasteiger partial charge on any atom is 0.317 e. The smallest absolute Gasteiger partial charge is 0.317 e. The lowest BCUT2D eigenvalue weighted by molar-refractivity contribution is 0.0838. The Morgan fingerprint density at radius 2 is 2.14 bits per heavy atom. The van der Waals surface area contributed by atoms with Crippen molar-refractivity contribution in [3.05, 3.63) is 33.8 Å². The maximum absolute atomic E-state index is 12.3. The van der Waals surface area contributed by atoms with Gasteiger partial charge in [0.1, 0.15) is 0 Å². The van der Waals surface area contributed by atoms with Crippen LogP contribution in [0.25, 0.3) is 0 Å². The fourth-order valence-corrected chi connectivity index (χ4v) is 3.33. The normalized spacial score (nSPS) is 22.1. The zero-order chi connectivity index (χ0) is 15.0. The molecule has 1 unspecified atom stereocenters. The molecule has 2 amide bonds. The Labute approximate surface area is 132 Å². The van der Waals surface area contributed by atoms with E-state index >= 15 is 0 Å². The zero-order valence-electron chi connectivity index (χ0n) is 11.3. The SMILES string of the molecule is O=C(CN1CCN2C(=O)NCC2C1)c1ccc(Cl)cc1Cl. The molecular weight excluding hydrogens is 313 g/mol. The van der Waals surface area contributed by atoms with E-state index in [4.69, 9.17) is 23.2 Å². The average molecular weight is 328 g/mol. The van der Waals surface area contributed by atoms with E-state index < -0.39 is 0 Å². The lowest BCUT2D eigenvalue weighted by Crippen LogP contribution is -2.53. The molecule has 1 atom stereocenters. The van der Waals surface area contributed by atoms with Crippen molar-refractivity contribution in [2.75, 3.05) is 32.7 Å². The predicted molar refractivity (Wildman–Crippen MR) is 81.1 cm³/mol. The molecule has 5 nitrogen and oxygen atoms in total. The average Bonchev–Trinajstić information content (AvgIpc) is 2.80. The lowest BCUT2D eigenvalue weighted by Gasteiger charge is -2.36. The van der Waals surface area contributed by atoms with Crippen molar-refractivity contribution < 1.29 is 9.59 Å². The summed E-state index contributed by atoms with van der Waals surface area (Å²) in [5, 5.41) is 3.72. The fraction of sp³-hybridized carbons (Fsp3) is 0.429. The van der Waals surface area contributed by atoms with Crippen LogP contribution in [0.5, 0.6) is 0 Å². The summed E-state index contributed by atoms with van der Waals surface area (Å²) >= 11 is 11.9. The first-order valence-electron chi connectivity index (χ1n) is 6.79. The van der Waals surface area contributed by atoms with Gasteiger partial charge >= 0.3 is 6.03 Å². The molecular formula is C14H15Cl2N3O2. The molecule has 1 aromatic rings. The van der Waals surface area contributed by atoms with Crippen molar-refractivity contribution in [2.24, 2.45) is 0 Å². The van der Waals surface area contributed by atoms with Gasteiger partial charge in [0.2, 0.25) is 0 Å². The molecule has 1 N–H and O–H groups in total. The van der Waals surface area contributed by atoms with Gasteiger partial charge in [-0.1, -0.05) is 23.2 Å². The Hall–Kier alpha value is -1.30. The largest absolute Gasteiger partial charge is 0.336 e. The van der Waals surface area contributed by atoms with Crippen LogP contribution in [0.15, 0.2) is 18.2 Å². The molecule has 0 aliphatic carbocycles. The number of carbonyl (C=O) groups excluding carboxylic acids is 2. The summed E-state index contributed by atoms with van der Waals surface area (Å²) in [5.74, 6) is -0.0256. The molecule has 2 fully saturated rings. The van der Waals surface area contributed by atoms with E-state index in [2.05, 4.69) is 10.2 Å². The van der Waals surface area contributed by atoms with Gasteiger partial charge < -0.3 is 10.2 Å². The first kappa shape index (κ1) is 14.6. The number of hydrogen-bond donors (Lipinski definition) is 1. The number of amides is 2. The molecule has 112 valence electrons. The van der Waals surface area contributed by atoms with E-state index in [-0.39, 0.29) is 17.9 Å². The molecule has 0 saturated carbocycles. The summed E-state index contributed by atoms with van der Waals surface area (Å²) in [4.78, 5) is 27.8. The van der Waals surface area contributed by atoms with E-state index in [9.17, 15) is 9.59 Å². The molecule has 0 radical (unpaired) electrons. The van der Waals surface area contributed by atoms with Crippen molar-refractivity contribution in [3.8, 4) is 0 Å². The van der Waals surface area contributed by atoms with E-state index in [0.29, 0.717) is 48.3 Å². The quantitative estimate of drug-likeness (QED) is 0.862. The number of ketones is 1. The van der Waals surface area contributed by atoms with Gasteiger partial charge in [0.05, 0.1) is 17.6 Å². The number of rotatable bonds is 3. The van der Waals surface area contributed by atoms with Crippen LogP contribution >= 0.6 is 23.2 Å². The summed E-state index contributed by atoms with van der Waals surface area (Å²) in [6.07, 6.45) is 0. The van der Waals surface area contributed by atoms with Crippen molar-refractivity contribution in [1.29, 1.82) is 0 Å². The Morgan fingerprint density at radius 1 is 1.33 bits per heavy atom. The Bertz CT molecular complexity index is 594. The van der Waals surface area contributed by atoms with Crippen LogP contribution in [-0.2, 0) is 0 Å². The van der Waals surface area contributed by atoms with Gasteiger partial charge in [0, 0.05) is 36.8 Å². The third-order valence-electron chi connectivity index (χ3n) is 3.92. The van der Waals surface area contributed by atoms with Gasteiger partial charge in [0.25, 0.3) is 0 Å². The number of carbonyl (C=O) groups is 2. The highest BCUT2D eigenvalue weighted by Gasteiger charge is 2.35.